The van der Waals surface area contributed by atoms with Gasteiger partial charge in [-0.25, -0.2) is 8.42 Å². The number of nitrogens with one attached hydrogen (secondary N) is 1. The van der Waals surface area contributed by atoms with E-state index in [-0.39, 0.29) is 17.2 Å². The smallest absolute Gasteiger partial charge is 0.260 e. The Hall–Kier alpha value is -0.960. The lowest BCUT2D eigenvalue weighted by Crippen LogP contribution is -2.42. The molecule has 2 unspecified atom stereocenters. The molecule has 1 aromatic heterocycles. The van der Waals surface area contributed by atoms with Crippen LogP contribution in [0.4, 0.5) is 0 Å². The molecule has 3 heterocycles. The van der Waals surface area contributed by atoms with E-state index in [1.54, 1.807) is 0 Å². The predicted octanol–water partition coefficient (Wildman–Crippen LogP) is 0.758. The van der Waals surface area contributed by atoms with Crippen LogP contribution in [0, 0.1) is 0 Å². The van der Waals surface area contributed by atoms with E-state index < -0.39 is 10.0 Å². The third-order valence-electron chi connectivity index (χ3n) is 3.96. The molecule has 7 nitrogen and oxygen atoms in total. The van der Waals surface area contributed by atoms with Crippen LogP contribution in [0.5, 0.6) is 0 Å². The van der Waals surface area contributed by atoms with Crippen molar-refractivity contribution in [3.05, 3.63) is 12.3 Å². The van der Waals surface area contributed by atoms with E-state index in [9.17, 15) is 8.42 Å². The van der Waals surface area contributed by atoms with Gasteiger partial charge in [-0.3, -0.25) is 5.10 Å². The van der Waals surface area contributed by atoms with Gasteiger partial charge in [-0.05, 0) is 31.7 Å². The summed E-state index contributed by atoms with van der Waals surface area (Å²) >= 11 is 0. The first-order valence-corrected chi connectivity index (χ1v) is 8.83. The molecule has 0 radical (unpaired) electrons. The molecule has 0 aliphatic carbocycles. The minimum absolute atomic E-state index is 0.0240. The molecule has 2 atom stereocenters. The quantitative estimate of drug-likeness (QED) is 0.838. The number of rotatable bonds is 6. The molecule has 2 aliphatic heterocycles. The molecule has 0 saturated carbocycles. The number of aromatic amines is 1. The van der Waals surface area contributed by atoms with Gasteiger partial charge in [-0.15, -0.1) is 0 Å². The Morgan fingerprint density at radius 2 is 1.81 bits per heavy atom. The number of sulfonamides is 1. The summed E-state index contributed by atoms with van der Waals surface area (Å²) in [5.41, 5.74) is 0. The maximum atomic E-state index is 12.7. The minimum Gasteiger partial charge on any atom is -0.377 e. The molecule has 0 aromatic carbocycles. The summed E-state index contributed by atoms with van der Waals surface area (Å²) in [6, 6.07) is 1.48. The Labute approximate surface area is 124 Å². The van der Waals surface area contributed by atoms with Gasteiger partial charge in [0.15, 0.2) is 5.03 Å². The molecule has 118 valence electrons. The Kier molecular flexibility index (Phi) is 4.58. The molecule has 21 heavy (non-hydrogen) atoms. The van der Waals surface area contributed by atoms with E-state index in [0.29, 0.717) is 26.3 Å². The fourth-order valence-corrected chi connectivity index (χ4v) is 4.23. The van der Waals surface area contributed by atoms with Crippen molar-refractivity contribution in [1.82, 2.24) is 14.5 Å². The van der Waals surface area contributed by atoms with Crippen LogP contribution in [0.1, 0.15) is 25.7 Å². The average Bonchev–Trinajstić information content (AvgIpc) is 3.22. The highest BCUT2D eigenvalue weighted by atomic mass is 32.2. The first-order valence-electron chi connectivity index (χ1n) is 7.39. The van der Waals surface area contributed by atoms with E-state index in [4.69, 9.17) is 9.47 Å². The van der Waals surface area contributed by atoms with Gasteiger partial charge in [0.1, 0.15) is 0 Å². The topological polar surface area (TPSA) is 84.5 Å². The second kappa shape index (κ2) is 6.43. The van der Waals surface area contributed by atoms with Gasteiger partial charge in [-0.1, -0.05) is 0 Å². The third-order valence-corrected chi connectivity index (χ3v) is 5.72. The molecule has 1 aromatic rings. The monoisotopic (exact) mass is 315 g/mol. The van der Waals surface area contributed by atoms with Gasteiger partial charge >= 0.3 is 0 Å². The maximum absolute atomic E-state index is 12.7. The molecule has 0 amide bonds. The van der Waals surface area contributed by atoms with Gasteiger partial charge in [0.25, 0.3) is 10.0 Å². The second-order valence-electron chi connectivity index (χ2n) is 5.51. The summed E-state index contributed by atoms with van der Waals surface area (Å²) in [5.74, 6) is 0. The third kappa shape index (κ3) is 3.45. The van der Waals surface area contributed by atoms with Crippen molar-refractivity contribution in [2.75, 3.05) is 26.3 Å². The Morgan fingerprint density at radius 3 is 2.24 bits per heavy atom. The maximum Gasteiger partial charge on any atom is 0.260 e. The summed E-state index contributed by atoms with van der Waals surface area (Å²) < 4.78 is 38.1. The molecule has 2 fully saturated rings. The molecular weight excluding hydrogens is 294 g/mol. The first-order chi connectivity index (χ1) is 10.2. The summed E-state index contributed by atoms with van der Waals surface area (Å²) in [6.07, 6.45) is 5.18. The lowest BCUT2D eigenvalue weighted by molar-refractivity contribution is 0.0648. The number of aromatic nitrogens is 2. The van der Waals surface area contributed by atoms with Crippen LogP contribution in [-0.4, -0.2) is 61.4 Å². The van der Waals surface area contributed by atoms with E-state index in [1.165, 1.54) is 16.6 Å². The molecule has 0 bridgehead atoms. The molecule has 3 rings (SSSR count). The van der Waals surface area contributed by atoms with Gasteiger partial charge in [0.05, 0.1) is 18.4 Å². The highest BCUT2D eigenvalue weighted by Gasteiger charge is 2.32. The van der Waals surface area contributed by atoms with E-state index in [0.717, 1.165) is 25.7 Å². The van der Waals surface area contributed by atoms with Crippen LogP contribution in [0.3, 0.4) is 0 Å². The standard InChI is InChI=1S/C13H21N3O4S/c17-21(18,13-5-6-14-15-13)16(9-11-3-1-7-19-11)10-12-4-2-8-20-12/h5-6,11-12H,1-4,7-10H2,(H,14,15). The lowest BCUT2D eigenvalue weighted by atomic mass is 10.2. The summed E-state index contributed by atoms with van der Waals surface area (Å²) in [5, 5.41) is 6.41. The molecule has 8 heteroatoms. The molecule has 1 N–H and O–H groups in total. The van der Waals surface area contributed by atoms with Crippen molar-refractivity contribution in [3.8, 4) is 0 Å². The van der Waals surface area contributed by atoms with Crippen molar-refractivity contribution in [2.24, 2.45) is 0 Å². The average molecular weight is 315 g/mol. The number of hydrogen-bond acceptors (Lipinski definition) is 5. The summed E-state index contributed by atoms with van der Waals surface area (Å²) in [6.45, 7) is 2.17. The fourth-order valence-electron chi connectivity index (χ4n) is 2.83. The largest absolute Gasteiger partial charge is 0.377 e. The van der Waals surface area contributed by atoms with E-state index in [1.807, 2.05) is 0 Å². The van der Waals surface area contributed by atoms with Crippen LogP contribution in [0.2, 0.25) is 0 Å². The van der Waals surface area contributed by atoms with Crippen molar-refractivity contribution < 1.29 is 17.9 Å². The second-order valence-corrected chi connectivity index (χ2v) is 7.42. The van der Waals surface area contributed by atoms with Gasteiger partial charge in [0, 0.05) is 26.3 Å². The van der Waals surface area contributed by atoms with Crippen molar-refractivity contribution in [1.29, 1.82) is 0 Å². The highest BCUT2D eigenvalue weighted by molar-refractivity contribution is 7.89. The van der Waals surface area contributed by atoms with Crippen molar-refractivity contribution in [2.45, 2.75) is 42.9 Å². The highest BCUT2D eigenvalue weighted by Crippen LogP contribution is 2.22. The van der Waals surface area contributed by atoms with Crippen molar-refractivity contribution in [3.63, 3.8) is 0 Å². The van der Waals surface area contributed by atoms with Crippen LogP contribution >= 0.6 is 0 Å². The van der Waals surface area contributed by atoms with Gasteiger partial charge in [0.2, 0.25) is 0 Å². The zero-order valence-electron chi connectivity index (χ0n) is 11.9. The van der Waals surface area contributed by atoms with Crippen LogP contribution in [-0.2, 0) is 19.5 Å². The molecule has 2 saturated heterocycles. The molecule has 2 aliphatic rings. The number of H-pyrrole nitrogens is 1. The number of nitrogens with zero attached hydrogens (tertiary/aromatic N) is 2. The zero-order chi connectivity index (χ0) is 14.7. The van der Waals surface area contributed by atoms with Gasteiger partial charge in [-0.2, -0.15) is 9.40 Å². The molecule has 0 spiro atoms. The van der Waals surface area contributed by atoms with Crippen molar-refractivity contribution >= 4 is 10.0 Å². The Balaban J connectivity index is 1.76. The minimum atomic E-state index is -3.58. The fraction of sp³-hybridized carbons (Fsp3) is 0.769. The Bertz CT molecular complexity index is 516. The summed E-state index contributed by atoms with van der Waals surface area (Å²) in [4.78, 5) is 0. The lowest BCUT2D eigenvalue weighted by Gasteiger charge is -2.26. The SMILES string of the molecule is O=S(=O)(c1ccn[nH]1)N(CC1CCCO1)CC1CCCO1. The normalized spacial score (nSPS) is 26.7. The van der Waals surface area contributed by atoms with E-state index in [2.05, 4.69) is 10.2 Å². The zero-order valence-corrected chi connectivity index (χ0v) is 12.7. The van der Waals surface area contributed by atoms with Crippen LogP contribution < -0.4 is 0 Å². The first kappa shape index (κ1) is 15.0. The molecular formula is C13H21N3O4S. The number of ether oxygens (including phenoxy) is 2. The number of hydrogen-bond donors (Lipinski definition) is 1. The Morgan fingerprint density at radius 1 is 1.19 bits per heavy atom. The predicted molar refractivity (Wildman–Crippen MR) is 75.3 cm³/mol. The summed E-state index contributed by atoms with van der Waals surface area (Å²) in [7, 11) is -3.58. The van der Waals surface area contributed by atoms with Gasteiger partial charge < -0.3 is 9.47 Å². The van der Waals surface area contributed by atoms with E-state index >= 15 is 0 Å². The van der Waals surface area contributed by atoms with Crippen LogP contribution in [0.15, 0.2) is 17.3 Å². The van der Waals surface area contributed by atoms with Crippen LogP contribution in [0.25, 0.3) is 0 Å².